The lowest BCUT2D eigenvalue weighted by Crippen LogP contribution is -2.26. The maximum atomic E-state index is 7.19. The van der Waals surface area contributed by atoms with Gasteiger partial charge in [0.05, 0.1) is 5.41 Å². The molecule has 1 spiro atoms. The Bertz CT molecular complexity index is 3600. The molecule has 62 heavy (non-hydrogen) atoms. The Morgan fingerprint density at radius 1 is 0.323 bits per heavy atom. The molecule has 0 bridgehead atoms. The van der Waals surface area contributed by atoms with E-state index in [0.29, 0.717) is 0 Å². The highest BCUT2D eigenvalue weighted by Gasteiger charge is 2.53. The van der Waals surface area contributed by atoms with Crippen LogP contribution in [0.5, 0.6) is 0 Å². The van der Waals surface area contributed by atoms with Crippen molar-refractivity contribution >= 4 is 21.9 Å². The summed E-state index contributed by atoms with van der Waals surface area (Å²) in [6.07, 6.45) is 0. The Balaban J connectivity index is 1.08. The van der Waals surface area contributed by atoms with Gasteiger partial charge in [-0.3, -0.25) is 0 Å². The van der Waals surface area contributed by atoms with Gasteiger partial charge in [-0.05, 0) is 136 Å². The van der Waals surface area contributed by atoms with Crippen LogP contribution in [0.25, 0.3) is 88.7 Å². The van der Waals surface area contributed by atoms with Gasteiger partial charge in [-0.2, -0.15) is 0 Å². The third kappa shape index (κ3) is 4.06. The topological polar surface area (TPSA) is 13.1 Å². The molecule has 10 aromatic rings. The summed E-state index contributed by atoms with van der Waals surface area (Å²) < 4.78 is 7.19. The third-order valence-corrected chi connectivity index (χ3v) is 15.5. The molecule has 292 valence electrons. The zero-order chi connectivity index (χ0) is 41.3. The molecular weight excluding hydrogens is 749 g/mol. The van der Waals surface area contributed by atoms with Gasteiger partial charge in [0, 0.05) is 27.2 Å². The number of benzene rings is 9. The van der Waals surface area contributed by atoms with E-state index in [0.717, 1.165) is 16.6 Å². The lowest BCUT2D eigenvalue weighted by atomic mass is 9.69. The number of rotatable bonds is 2. The van der Waals surface area contributed by atoms with E-state index in [4.69, 9.17) is 4.42 Å². The van der Waals surface area contributed by atoms with Crippen molar-refractivity contribution < 1.29 is 4.42 Å². The molecule has 1 aromatic heterocycles. The van der Waals surface area contributed by atoms with Gasteiger partial charge < -0.3 is 4.42 Å². The Labute approximate surface area is 362 Å². The summed E-state index contributed by atoms with van der Waals surface area (Å²) >= 11 is 0. The van der Waals surface area contributed by atoms with Gasteiger partial charge in [-0.15, -0.1) is 0 Å². The Morgan fingerprint density at radius 2 is 0.790 bits per heavy atom. The number of para-hydroxylation sites is 1. The summed E-state index contributed by atoms with van der Waals surface area (Å²) in [4.78, 5) is 0. The molecule has 0 unspecified atom stereocenters. The van der Waals surface area contributed by atoms with Gasteiger partial charge in [0.1, 0.15) is 11.2 Å². The fourth-order valence-corrected chi connectivity index (χ4v) is 12.7. The van der Waals surface area contributed by atoms with Crippen molar-refractivity contribution in [2.45, 2.75) is 43.9 Å². The molecule has 0 saturated heterocycles. The molecular formula is C61H42O. The monoisotopic (exact) mass is 790 g/mol. The summed E-state index contributed by atoms with van der Waals surface area (Å²) in [5, 5.41) is 2.32. The van der Waals surface area contributed by atoms with Crippen molar-refractivity contribution in [3.8, 4) is 66.8 Å². The number of fused-ring (bicyclic) bond motifs is 20. The standard InChI is InChI=1S/C61H42O/c1-59(2)47-20-10-5-17-40(47)45-31-35(26-29-49(45)59)36-25-28-42-53(33-36)61(51-22-12-7-15-38(51)39-16-8-13-23-52(39)61)54-34-44(56-43-19-9-14-24-55(43)62-58(56)57(42)54)37-27-30-50-46(32-37)41-18-6-11-21-48(41)60(50,3)4/h5-34H,1-4H3. The van der Waals surface area contributed by atoms with Crippen molar-refractivity contribution in [1.82, 2.24) is 0 Å². The molecule has 0 fully saturated rings. The van der Waals surface area contributed by atoms with Crippen LogP contribution in [-0.4, -0.2) is 0 Å². The average molecular weight is 791 g/mol. The van der Waals surface area contributed by atoms with E-state index >= 15 is 0 Å². The smallest absolute Gasteiger partial charge is 0.144 e. The van der Waals surface area contributed by atoms with E-state index in [9.17, 15) is 0 Å². The average Bonchev–Trinajstić information content (AvgIpc) is 4.05. The van der Waals surface area contributed by atoms with Crippen LogP contribution in [0.2, 0.25) is 0 Å². The quantitative estimate of drug-likeness (QED) is 0.170. The van der Waals surface area contributed by atoms with E-state index in [-0.39, 0.29) is 10.8 Å². The second-order valence-corrected chi connectivity index (χ2v) is 19.1. The van der Waals surface area contributed by atoms with E-state index in [2.05, 4.69) is 210 Å². The minimum atomic E-state index is -0.563. The SMILES string of the molecule is CC1(C)c2ccccc2-c2cc(-c3ccc4c(c3)C3(c5ccccc5-c5ccccc53)c3cc(-c5ccc6c(c5)-c5ccccc5C6(C)C)c5c(oc6ccccc65)c3-4)ccc21. The largest absolute Gasteiger partial charge is 0.455 e. The molecule has 1 nitrogen and oxygen atoms in total. The minimum Gasteiger partial charge on any atom is -0.455 e. The van der Waals surface area contributed by atoms with Gasteiger partial charge >= 0.3 is 0 Å². The summed E-state index contributed by atoms with van der Waals surface area (Å²) in [5.74, 6) is 0. The Kier molecular flexibility index (Phi) is 6.44. The first kappa shape index (κ1) is 34.5. The molecule has 0 radical (unpaired) electrons. The molecule has 14 rings (SSSR count). The van der Waals surface area contributed by atoms with Crippen LogP contribution in [0.4, 0.5) is 0 Å². The lowest BCUT2D eigenvalue weighted by molar-refractivity contribution is 0.660. The summed E-state index contributed by atoms with van der Waals surface area (Å²) in [6.45, 7) is 9.44. The van der Waals surface area contributed by atoms with Gasteiger partial charge in [0.15, 0.2) is 0 Å². The highest BCUT2D eigenvalue weighted by atomic mass is 16.3. The van der Waals surface area contributed by atoms with Gasteiger partial charge in [0.25, 0.3) is 0 Å². The van der Waals surface area contributed by atoms with Gasteiger partial charge in [0.2, 0.25) is 0 Å². The van der Waals surface area contributed by atoms with E-state index in [1.165, 1.54) is 117 Å². The summed E-state index contributed by atoms with van der Waals surface area (Å²) in [7, 11) is 0. The van der Waals surface area contributed by atoms with Crippen LogP contribution >= 0.6 is 0 Å². The maximum absolute atomic E-state index is 7.19. The van der Waals surface area contributed by atoms with Crippen molar-refractivity contribution in [2.75, 3.05) is 0 Å². The second kappa shape index (κ2) is 11.6. The van der Waals surface area contributed by atoms with E-state index in [1.807, 2.05) is 0 Å². The molecule has 0 atom stereocenters. The zero-order valence-corrected chi connectivity index (χ0v) is 35.2. The van der Waals surface area contributed by atoms with Crippen LogP contribution in [-0.2, 0) is 16.2 Å². The lowest BCUT2D eigenvalue weighted by Gasteiger charge is -2.31. The van der Waals surface area contributed by atoms with Crippen LogP contribution in [0.15, 0.2) is 186 Å². The predicted molar refractivity (Wildman–Crippen MR) is 256 cm³/mol. The summed E-state index contributed by atoms with van der Waals surface area (Å²) in [5.41, 5.74) is 27.3. The predicted octanol–water partition coefficient (Wildman–Crippen LogP) is 15.9. The second-order valence-electron chi connectivity index (χ2n) is 19.1. The van der Waals surface area contributed by atoms with Gasteiger partial charge in [-0.1, -0.05) is 179 Å². The van der Waals surface area contributed by atoms with Crippen molar-refractivity contribution in [2.24, 2.45) is 0 Å². The van der Waals surface area contributed by atoms with E-state index in [1.54, 1.807) is 0 Å². The first-order valence-electron chi connectivity index (χ1n) is 22.1. The van der Waals surface area contributed by atoms with Crippen LogP contribution in [0, 0.1) is 0 Å². The van der Waals surface area contributed by atoms with Gasteiger partial charge in [-0.25, -0.2) is 0 Å². The fourth-order valence-electron chi connectivity index (χ4n) is 12.7. The van der Waals surface area contributed by atoms with Crippen LogP contribution in [0.1, 0.15) is 72.2 Å². The molecule has 9 aromatic carbocycles. The number of furan rings is 1. The Hall–Kier alpha value is -7.22. The molecule has 1 heterocycles. The fraction of sp³-hybridized carbons (Fsp3) is 0.115. The normalized spacial score (nSPS) is 15.8. The first-order valence-corrected chi connectivity index (χ1v) is 22.1. The van der Waals surface area contributed by atoms with Crippen molar-refractivity contribution in [1.29, 1.82) is 0 Å². The molecule has 0 aliphatic heterocycles. The highest BCUT2D eigenvalue weighted by Crippen LogP contribution is 2.65. The van der Waals surface area contributed by atoms with Crippen LogP contribution in [0.3, 0.4) is 0 Å². The molecule has 4 aliphatic rings. The first-order chi connectivity index (χ1) is 30.3. The molecule has 4 aliphatic carbocycles. The molecule has 0 amide bonds. The molecule has 0 saturated carbocycles. The number of hydrogen-bond acceptors (Lipinski definition) is 1. The maximum Gasteiger partial charge on any atom is 0.144 e. The zero-order valence-electron chi connectivity index (χ0n) is 35.2. The third-order valence-electron chi connectivity index (χ3n) is 15.5. The van der Waals surface area contributed by atoms with Crippen molar-refractivity contribution in [3.05, 3.63) is 226 Å². The summed E-state index contributed by atoms with van der Waals surface area (Å²) in [6, 6.07) is 69.0. The van der Waals surface area contributed by atoms with Crippen LogP contribution < -0.4 is 0 Å². The van der Waals surface area contributed by atoms with E-state index < -0.39 is 5.41 Å². The van der Waals surface area contributed by atoms with Crippen molar-refractivity contribution in [3.63, 3.8) is 0 Å². The minimum absolute atomic E-state index is 0.0422. The molecule has 0 N–H and O–H groups in total. The highest BCUT2D eigenvalue weighted by molar-refractivity contribution is 6.19. The Morgan fingerprint density at radius 3 is 1.42 bits per heavy atom. The molecule has 1 heteroatoms. The number of hydrogen-bond donors (Lipinski definition) is 0.